The minimum atomic E-state index is 0.229. The van der Waals surface area contributed by atoms with Gasteiger partial charge in [0.05, 0.1) is 29.6 Å². The number of piperidine rings is 1. The van der Waals surface area contributed by atoms with Crippen LogP contribution in [-0.2, 0) is 0 Å². The Balaban J connectivity index is 1.82. The molecule has 1 aliphatic heterocycles. The van der Waals surface area contributed by atoms with Crippen molar-refractivity contribution in [1.82, 2.24) is 24.3 Å². The summed E-state index contributed by atoms with van der Waals surface area (Å²) in [6.45, 7) is 3.80. The lowest BCUT2D eigenvalue weighted by molar-refractivity contribution is 0.238. The predicted molar refractivity (Wildman–Crippen MR) is 89.4 cm³/mol. The maximum Gasteiger partial charge on any atom is 0.154 e. The van der Waals surface area contributed by atoms with Crippen molar-refractivity contribution in [3.05, 3.63) is 30.5 Å². The normalized spacial score (nSPS) is 21.9. The van der Waals surface area contributed by atoms with Crippen LogP contribution in [0, 0.1) is 16.7 Å². The molecule has 0 bridgehead atoms. The predicted octanol–water partition coefficient (Wildman–Crippen LogP) is 2.26. The maximum absolute atomic E-state index is 7.92. The molecule has 3 N–H and O–H groups in total. The van der Waals surface area contributed by atoms with Gasteiger partial charge in [-0.05, 0) is 18.4 Å². The van der Waals surface area contributed by atoms with Gasteiger partial charge in [-0.25, -0.2) is 9.97 Å². The Hall–Kier alpha value is -2.70. The number of amidine groups is 1. The zero-order valence-corrected chi connectivity index (χ0v) is 13.0. The first kappa shape index (κ1) is 13.9. The van der Waals surface area contributed by atoms with Gasteiger partial charge < -0.3 is 15.3 Å². The summed E-state index contributed by atoms with van der Waals surface area (Å²) in [5.41, 5.74) is 2.87. The van der Waals surface area contributed by atoms with Crippen LogP contribution < -0.4 is 0 Å². The second kappa shape index (κ2) is 5.19. The van der Waals surface area contributed by atoms with Crippen LogP contribution in [0.3, 0.4) is 0 Å². The number of H-pyrrole nitrogens is 1. The summed E-state index contributed by atoms with van der Waals surface area (Å²) >= 11 is 0. The Bertz CT molecular complexity index is 890. The lowest BCUT2D eigenvalue weighted by Crippen LogP contribution is -2.42. The van der Waals surface area contributed by atoms with Gasteiger partial charge in [-0.1, -0.05) is 6.92 Å². The molecule has 23 heavy (non-hydrogen) atoms. The lowest BCUT2D eigenvalue weighted by Gasteiger charge is -2.37. The minimum Gasteiger partial charge on any atom is -0.355 e. The molecular weight excluding hydrogens is 290 g/mol. The number of aromatic amines is 1. The van der Waals surface area contributed by atoms with Crippen molar-refractivity contribution >= 4 is 28.7 Å². The fourth-order valence-corrected chi connectivity index (χ4v) is 3.48. The molecule has 3 aromatic rings. The molecule has 0 amide bonds. The zero-order chi connectivity index (χ0) is 16.0. The van der Waals surface area contributed by atoms with Gasteiger partial charge in [0, 0.05) is 25.2 Å². The van der Waals surface area contributed by atoms with E-state index in [0.29, 0.717) is 5.92 Å². The molecule has 0 spiro atoms. The van der Waals surface area contributed by atoms with Crippen molar-refractivity contribution in [2.75, 3.05) is 13.1 Å². The summed E-state index contributed by atoms with van der Waals surface area (Å²) in [5.74, 6) is 2.00. The van der Waals surface area contributed by atoms with Crippen molar-refractivity contribution in [1.29, 1.82) is 10.8 Å². The topological polar surface area (TPSA) is 96.9 Å². The van der Waals surface area contributed by atoms with E-state index >= 15 is 0 Å². The standard InChI is InChI=1S/C16H19N7/c1-10-3-5-22(14(18)6-17)9-12(10)16-21-8-11-7-20-15-13(23(11)16)2-4-19-15/h2,4,6-8,10,12,17-19H,3,5,9H2,1H3/t10-,12+/m0/s1. The number of hydrogen-bond acceptors (Lipinski definition) is 4. The highest BCUT2D eigenvalue weighted by atomic mass is 15.2. The Morgan fingerprint density at radius 1 is 1.39 bits per heavy atom. The fourth-order valence-electron chi connectivity index (χ4n) is 3.48. The molecule has 0 aliphatic carbocycles. The van der Waals surface area contributed by atoms with Crippen molar-refractivity contribution in [3.8, 4) is 0 Å². The monoisotopic (exact) mass is 309 g/mol. The fraction of sp³-hybridized carbons (Fsp3) is 0.375. The van der Waals surface area contributed by atoms with Gasteiger partial charge in [0.25, 0.3) is 0 Å². The number of fused-ring (bicyclic) bond motifs is 3. The lowest BCUT2D eigenvalue weighted by atomic mass is 9.86. The van der Waals surface area contributed by atoms with E-state index in [9.17, 15) is 0 Å². The number of hydrogen-bond donors (Lipinski definition) is 3. The molecule has 4 rings (SSSR count). The van der Waals surface area contributed by atoms with E-state index in [2.05, 4.69) is 26.3 Å². The number of aromatic nitrogens is 4. The van der Waals surface area contributed by atoms with Gasteiger partial charge in [-0.15, -0.1) is 0 Å². The minimum absolute atomic E-state index is 0.229. The van der Waals surface area contributed by atoms with Gasteiger partial charge in [0.1, 0.15) is 11.7 Å². The summed E-state index contributed by atoms with van der Waals surface area (Å²) in [7, 11) is 0. The largest absolute Gasteiger partial charge is 0.355 e. The molecule has 3 aromatic heterocycles. The van der Waals surface area contributed by atoms with E-state index in [4.69, 9.17) is 10.8 Å². The van der Waals surface area contributed by atoms with Gasteiger partial charge in [-0.3, -0.25) is 9.81 Å². The van der Waals surface area contributed by atoms with Crippen LogP contribution in [0.2, 0.25) is 0 Å². The second-order valence-corrected chi connectivity index (χ2v) is 6.19. The number of likely N-dealkylation sites (tertiary alicyclic amines) is 1. The van der Waals surface area contributed by atoms with Gasteiger partial charge in [-0.2, -0.15) is 0 Å². The van der Waals surface area contributed by atoms with Crippen LogP contribution in [0.15, 0.2) is 24.7 Å². The van der Waals surface area contributed by atoms with Crippen molar-refractivity contribution in [2.24, 2.45) is 5.92 Å². The highest BCUT2D eigenvalue weighted by Gasteiger charge is 2.31. The molecule has 1 aliphatic rings. The molecule has 1 saturated heterocycles. The first-order chi connectivity index (χ1) is 11.2. The molecule has 7 nitrogen and oxygen atoms in total. The summed E-state index contributed by atoms with van der Waals surface area (Å²) in [4.78, 5) is 14.2. The van der Waals surface area contributed by atoms with E-state index in [-0.39, 0.29) is 11.8 Å². The Kier molecular flexibility index (Phi) is 3.14. The molecule has 7 heteroatoms. The van der Waals surface area contributed by atoms with Gasteiger partial charge in [0.2, 0.25) is 0 Å². The highest BCUT2D eigenvalue weighted by Crippen LogP contribution is 2.32. The Labute approximate surface area is 133 Å². The highest BCUT2D eigenvalue weighted by molar-refractivity contribution is 6.26. The average Bonchev–Trinajstić information content (AvgIpc) is 3.20. The van der Waals surface area contributed by atoms with Crippen LogP contribution >= 0.6 is 0 Å². The number of nitrogens with zero attached hydrogens (tertiary/aromatic N) is 4. The maximum atomic E-state index is 7.92. The number of imidazole rings is 1. The molecule has 0 aromatic carbocycles. The third kappa shape index (κ3) is 2.11. The third-order valence-electron chi connectivity index (χ3n) is 4.85. The third-order valence-corrected chi connectivity index (χ3v) is 4.85. The zero-order valence-electron chi connectivity index (χ0n) is 13.0. The summed E-state index contributed by atoms with van der Waals surface area (Å²) < 4.78 is 2.16. The molecular formula is C16H19N7. The Morgan fingerprint density at radius 2 is 2.22 bits per heavy atom. The second-order valence-electron chi connectivity index (χ2n) is 6.19. The van der Waals surface area contributed by atoms with Crippen LogP contribution in [0.5, 0.6) is 0 Å². The molecule has 4 heterocycles. The van der Waals surface area contributed by atoms with E-state index in [0.717, 1.165) is 48.2 Å². The number of nitrogens with one attached hydrogen (secondary N) is 3. The molecule has 0 saturated carbocycles. The smallest absolute Gasteiger partial charge is 0.154 e. The van der Waals surface area contributed by atoms with Crippen molar-refractivity contribution in [3.63, 3.8) is 0 Å². The molecule has 0 radical (unpaired) electrons. The quantitative estimate of drug-likeness (QED) is 0.500. The van der Waals surface area contributed by atoms with E-state index in [1.54, 1.807) is 0 Å². The summed E-state index contributed by atoms with van der Waals surface area (Å²) in [5, 5.41) is 15.3. The van der Waals surface area contributed by atoms with E-state index in [1.807, 2.05) is 29.6 Å². The van der Waals surface area contributed by atoms with Crippen molar-refractivity contribution in [2.45, 2.75) is 19.3 Å². The molecule has 1 fully saturated rings. The SMILES string of the molecule is C[C@H]1CCN(C(=N)C=N)C[C@H]1c1ncc2cnc3[nH]ccc3n12. The average molecular weight is 309 g/mol. The summed E-state index contributed by atoms with van der Waals surface area (Å²) in [6, 6.07) is 2.02. The molecule has 2 atom stereocenters. The van der Waals surface area contributed by atoms with E-state index in [1.165, 1.54) is 0 Å². The van der Waals surface area contributed by atoms with Gasteiger partial charge >= 0.3 is 0 Å². The first-order valence-electron chi connectivity index (χ1n) is 7.82. The van der Waals surface area contributed by atoms with Crippen LogP contribution in [0.1, 0.15) is 25.1 Å². The van der Waals surface area contributed by atoms with Crippen LogP contribution in [0.4, 0.5) is 0 Å². The van der Waals surface area contributed by atoms with Crippen LogP contribution in [-0.4, -0.2) is 49.4 Å². The molecule has 118 valence electrons. The molecule has 0 unspecified atom stereocenters. The van der Waals surface area contributed by atoms with E-state index < -0.39 is 0 Å². The number of rotatable bonds is 2. The van der Waals surface area contributed by atoms with Gasteiger partial charge in [0.15, 0.2) is 5.65 Å². The van der Waals surface area contributed by atoms with Crippen LogP contribution in [0.25, 0.3) is 16.7 Å². The van der Waals surface area contributed by atoms with Crippen molar-refractivity contribution < 1.29 is 0 Å². The Morgan fingerprint density at radius 3 is 3.04 bits per heavy atom. The first-order valence-corrected chi connectivity index (χ1v) is 7.82. The summed E-state index contributed by atoms with van der Waals surface area (Å²) in [6.07, 6.45) is 7.70.